The third kappa shape index (κ3) is 8.88. The smallest absolute Gasteiger partial charge is 0.329 e. The van der Waals surface area contributed by atoms with E-state index in [0.717, 1.165) is 12.1 Å². The molecule has 2 N–H and O–H groups in total. The molecule has 0 saturated carbocycles. The van der Waals surface area contributed by atoms with Crippen molar-refractivity contribution in [2.45, 2.75) is 39.7 Å². The second-order valence-electron chi connectivity index (χ2n) is 6.98. The van der Waals surface area contributed by atoms with Crippen LogP contribution in [0.2, 0.25) is 5.02 Å². The predicted molar refractivity (Wildman–Crippen MR) is 114 cm³/mol. The molecule has 2 amide bonds. The number of non-ortho nitro benzene ring substituents is 1. The summed E-state index contributed by atoms with van der Waals surface area (Å²) in [5.74, 6) is -2.85. The largest absolute Gasteiger partial charge is 0.466 e. The van der Waals surface area contributed by atoms with Crippen LogP contribution in [0.5, 0.6) is 0 Å². The summed E-state index contributed by atoms with van der Waals surface area (Å²) in [6.07, 6.45) is 0.528. The number of hydrogen-bond acceptors (Lipinski definition) is 8. The summed E-state index contributed by atoms with van der Waals surface area (Å²) in [5, 5.41) is 15.6. The number of esters is 2. The van der Waals surface area contributed by atoms with Gasteiger partial charge in [-0.05, 0) is 25.3 Å². The van der Waals surface area contributed by atoms with Crippen molar-refractivity contribution in [1.82, 2.24) is 10.6 Å². The molecule has 0 aliphatic carbocycles. The van der Waals surface area contributed by atoms with Crippen molar-refractivity contribution in [1.29, 1.82) is 0 Å². The average molecular weight is 472 g/mol. The van der Waals surface area contributed by atoms with E-state index in [-0.39, 0.29) is 47.7 Å². The Bertz CT molecular complexity index is 859. The first-order chi connectivity index (χ1) is 15.1. The van der Waals surface area contributed by atoms with E-state index < -0.39 is 35.4 Å². The maximum Gasteiger partial charge on any atom is 0.329 e. The molecule has 176 valence electrons. The second kappa shape index (κ2) is 13.3. The summed E-state index contributed by atoms with van der Waals surface area (Å²) < 4.78 is 9.75. The first-order valence-electron chi connectivity index (χ1n) is 9.90. The molecular weight excluding hydrogens is 446 g/mol. The van der Waals surface area contributed by atoms with Gasteiger partial charge in [-0.15, -0.1) is 0 Å². The topological polar surface area (TPSA) is 154 Å². The minimum Gasteiger partial charge on any atom is -0.466 e. The number of nitrogens with zero attached hydrogens (tertiary/aromatic N) is 1. The standard InChI is InChI=1S/C20H26ClN3O8/c1-4-31-17(26)6-5-9-22-16(25)11-32-20(28)18(12(2)3)23-19(27)14-8-7-13(24(29)30)10-15(14)21/h7-8,10,12,18H,4-6,9,11H2,1-3H3,(H,22,25)(H,23,27). The Morgan fingerprint density at radius 1 is 1.19 bits per heavy atom. The van der Waals surface area contributed by atoms with Gasteiger partial charge in [-0.3, -0.25) is 24.5 Å². The molecule has 0 aliphatic heterocycles. The van der Waals surface area contributed by atoms with Gasteiger partial charge in [0.05, 0.1) is 22.1 Å². The normalized spacial score (nSPS) is 11.4. The zero-order valence-electron chi connectivity index (χ0n) is 18.0. The fourth-order valence-electron chi connectivity index (χ4n) is 2.49. The lowest BCUT2D eigenvalue weighted by atomic mass is 10.0. The van der Waals surface area contributed by atoms with Crippen molar-refractivity contribution in [3.05, 3.63) is 38.9 Å². The molecule has 0 radical (unpaired) electrons. The number of halogens is 1. The summed E-state index contributed by atoms with van der Waals surface area (Å²) in [6, 6.07) is 2.26. The molecule has 1 aromatic rings. The third-order valence-corrected chi connectivity index (χ3v) is 4.46. The Labute approximate surface area is 189 Å². The molecule has 0 aliphatic rings. The minimum absolute atomic E-state index is 0.0462. The summed E-state index contributed by atoms with van der Waals surface area (Å²) in [5.41, 5.74) is -0.324. The molecule has 1 rings (SSSR count). The van der Waals surface area contributed by atoms with E-state index in [1.54, 1.807) is 20.8 Å². The fraction of sp³-hybridized carbons (Fsp3) is 0.500. The van der Waals surface area contributed by atoms with Crippen LogP contribution in [-0.4, -0.2) is 54.5 Å². The summed E-state index contributed by atoms with van der Waals surface area (Å²) in [4.78, 5) is 58.0. The Hall–Kier alpha value is -3.21. The number of benzene rings is 1. The number of nitro groups is 1. The maximum atomic E-state index is 12.5. The Morgan fingerprint density at radius 2 is 1.88 bits per heavy atom. The van der Waals surface area contributed by atoms with E-state index >= 15 is 0 Å². The lowest BCUT2D eigenvalue weighted by molar-refractivity contribution is -0.384. The monoisotopic (exact) mass is 471 g/mol. The fourth-order valence-corrected chi connectivity index (χ4v) is 2.75. The SMILES string of the molecule is CCOC(=O)CCCNC(=O)COC(=O)C(NC(=O)c1ccc([N+](=O)[O-])cc1Cl)C(C)C. The van der Waals surface area contributed by atoms with E-state index in [0.29, 0.717) is 6.42 Å². The van der Waals surface area contributed by atoms with Crippen LogP contribution in [0, 0.1) is 16.0 Å². The highest BCUT2D eigenvalue weighted by Crippen LogP contribution is 2.22. The minimum atomic E-state index is -1.08. The van der Waals surface area contributed by atoms with Gasteiger partial charge in [0, 0.05) is 25.1 Å². The zero-order chi connectivity index (χ0) is 24.3. The number of ether oxygens (including phenoxy) is 2. The molecule has 1 aromatic carbocycles. The van der Waals surface area contributed by atoms with Gasteiger partial charge in [0.15, 0.2) is 6.61 Å². The van der Waals surface area contributed by atoms with Gasteiger partial charge in [-0.1, -0.05) is 25.4 Å². The highest BCUT2D eigenvalue weighted by Gasteiger charge is 2.28. The quantitative estimate of drug-likeness (QED) is 0.203. The molecule has 1 unspecified atom stereocenters. The van der Waals surface area contributed by atoms with Gasteiger partial charge in [-0.25, -0.2) is 4.79 Å². The van der Waals surface area contributed by atoms with Crippen LogP contribution in [0.4, 0.5) is 5.69 Å². The van der Waals surface area contributed by atoms with Crippen molar-refractivity contribution < 1.29 is 33.6 Å². The molecule has 0 fully saturated rings. The first-order valence-corrected chi connectivity index (χ1v) is 10.3. The van der Waals surface area contributed by atoms with E-state index in [1.165, 1.54) is 6.07 Å². The van der Waals surface area contributed by atoms with E-state index in [1.807, 2.05) is 0 Å². The van der Waals surface area contributed by atoms with E-state index in [2.05, 4.69) is 10.6 Å². The van der Waals surface area contributed by atoms with Crippen LogP contribution in [0.3, 0.4) is 0 Å². The van der Waals surface area contributed by atoms with Crippen molar-refractivity contribution in [3.8, 4) is 0 Å². The second-order valence-corrected chi connectivity index (χ2v) is 7.39. The number of carbonyl (C=O) groups excluding carboxylic acids is 4. The molecule has 0 aromatic heterocycles. The lowest BCUT2D eigenvalue weighted by Crippen LogP contribution is -2.46. The van der Waals surface area contributed by atoms with Crippen LogP contribution in [0.25, 0.3) is 0 Å². The van der Waals surface area contributed by atoms with Gasteiger partial charge >= 0.3 is 11.9 Å². The number of carbonyl (C=O) groups is 4. The molecule has 0 bridgehead atoms. The molecule has 11 nitrogen and oxygen atoms in total. The average Bonchev–Trinajstić information content (AvgIpc) is 2.72. The van der Waals surface area contributed by atoms with E-state index in [9.17, 15) is 29.3 Å². The number of nitro benzene ring substituents is 1. The molecule has 1 atom stereocenters. The predicted octanol–water partition coefficient (Wildman–Crippen LogP) is 2.01. The number of hydrogen-bond donors (Lipinski definition) is 2. The zero-order valence-corrected chi connectivity index (χ0v) is 18.8. The number of rotatable bonds is 12. The molecule has 0 spiro atoms. The lowest BCUT2D eigenvalue weighted by Gasteiger charge is -2.21. The molecule has 12 heteroatoms. The molecule has 32 heavy (non-hydrogen) atoms. The van der Waals surface area contributed by atoms with Gasteiger partial charge in [-0.2, -0.15) is 0 Å². The van der Waals surface area contributed by atoms with Gasteiger partial charge in [0.1, 0.15) is 6.04 Å². The van der Waals surface area contributed by atoms with Crippen LogP contribution in [0.1, 0.15) is 44.0 Å². The van der Waals surface area contributed by atoms with Crippen LogP contribution in [0.15, 0.2) is 18.2 Å². The highest BCUT2D eigenvalue weighted by atomic mass is 35.5. The molecular formula is C20H26ClN3O8. The van der Waals surface area contributed by atoms with Gasteiger partial charge in [0.25, 0.3) is 17.5 Å². The van der Waals surface area contributed by atoms with Crippen LogP contribution in [-0.2, 0) is 23.9 Å². The first kappa shape index (κ1) is 26.8. The molecule has 0 saturated heterocycles. The maximum absolute atomic E-state index is 12.5. The van der Waals surface area contributed by atoms with E-state index in [4.69, 9.17) is 21.1 Å². The van der Waals surface area contributed by atoms with Crippen molar-refractivity contribution in [3.63, 3.8) is 0 Å². The van der Waals surface area contributed by atoms with Crippen LogP contribution >= 0.6 is 11.6 Å². The highest BCUT2D eigenvalue weighted by molar-refractivity contribution is 6.34. The van der Waals surface area contributed by atoms with Gasteiger partial charge < -0.3 is 20.1 Å². The Kier molecular flexibility index (Phi) is 11.1. The summed E-state index contributed by atoms with van der Waals surface area (Å²) in [6.45, 7) is 4.96. The molecule has 0 heterocycles. The van der Waals surface area contributed by atoms with Crippen molar-refractivity contribution in [2.24, 2.45) is 5.92 Å². The third-order valence-electron chi connectivity index (χ3n) is 4.15. The summed E-state index contributed by atoms with van der Waals surface area (Å²) >= 11 is 5.95. The van der Waals surface area contributed by atoms with Crippen molar-refractivity contribution in [2.75, 3.05) is 19.8 Å². The Morgan fingerprint density at radius 3 is 2.44 bits per heavy atom. The Balaban J connectivity index is 2.58. The van der Waals surface area contributed by atoms with Crippen molar-refractivity contribution >= 4 is 41.0 Å². The summed E-state index contributed by atoms with van der Waals surface area (Å²) in [7, 11) is 0. The number of amides is 2. The van der Waals surface area contributed by atoms with Crippen LogP contribution < -0.4 is 10.6 Å². The number of nitrogens with one attached hydrogen (secondary N) is 2. The van der Waals surface area contributed by atoms with Gasteiger partial charge in [0.2, 0.25) is 0 Å².